The smallest absolute Gasteiger partial charge is 0.271 e. The Morgan fingerprint density at radius 3 is 2.54 bits per heavy atom. The molecule has 0 aromatic heterocycles. The molecule has 0 saturated heterocycles. The fraction of sp³-hybridized carbons (Fsp3) is 0.0476. The normalized spacial score (nSPS) is 10.8. The first kappa shape index (κ1) is 19.4. The van der Waals surface area contributed by atoms with E-state index in [-0.39, 0.29) is 17.1 Å². The summed E-state index contributed by atoms with van der Waals surface area (Å²) in [5.74, 6) is -0.355. The van der Waals surface area contributed by atoms with Crippen LogP contribution in [-0.2, 0) is 6.61 Å². The van der Waals surface area contributed by atoms with Crippen LogP contribution in [0.15, 0.2) is 76.3 Å². The number of benzene rings is 3. The van der Waals surface area contributed by atoms with Crippen LogP contribution in [0.3, 0.4) is 0 Å². The average Bonchev–Trinajstić information content (AvgIpc) is 2.66. The second kappa shape index (κ2) is 9.05. The summed E-state index contributed by atoms with van der Waals surface area (Å²) in [7, 11) is 0. The molecule has 0 radical (unpaired) electrons. The SMILES string of the molecule is O=C(NN=Cc1ccccc1OCc1cccc(Br)c1)c1cc(O)cc(O)c1. The quantitative estimate of drug-likeness (QED) is 0.395. The maximum Gasteiger partial charge on any atom is 0.271 e. The molecule has 0 aliphatic carbocycles. The maximum atomic E-state index is 12.1. The zero-order chi connectivity index (χ0) is 19.9. The van der Waals surface area contributed by atoms with E-state index in [0.29, 0.717) is 17.9 Å². The molecule has 3 aromatic carbocycles. The summed E-state index contributed by atoms with van der Waals surface area (Å²) in [4.78, 5) is 12.1. The number of carbonyl (C=O) groups is 1. The van der Waals surface area contributed by atoms with Crippen molar-refractivity contribution in [3.63, 3.8) is 0 Å². The lowest BCUT2D eigenvalue weighted by molar-refractivity contribution is 0.0954. The molecule has 6 nitrogen and oxygen atoms in total. The van der Waals surface area contributed by atoms with Crippen molar-refractivity contribution < 1.29 is 19.7 Å². The molecule has 0 unspecified atom stereocenters. The van der Waals surface area contributed by atoms with Gasteiger partial charge in [-0.25, -0.2) is 5.43 Å². The zero-order valence-corrected chi connectivity index (χ0v) is 16.3. The van der Waals surface area contributed by atoms with Crippen molar-refractivity contribution in [2.75, 3.05) is 0 Å². The molecule has 0 aliphatic heterocycles. The molecule has 0 spiro atoms. The Morgan fingerprint density at radius 2 is 1.79 bits per heavy atom. The summed E-state index contributed by atoms with van der Waals surface area (Å²) in [6, 6.07) is 18.7. The predicted octanol–water partition coefficient (Wildman–Crippen LogP) is 4.20. The number of para-hydroxylation sites is 1. The van der Waals surface area contributed by atoms with Crippen molar-refractivity contribution in [3.05, 3.63) is 87.9 Å². The number of nitrogens with zero attached hydrogens (tertiary/aromatic N) is 1. The lowest BCUT2D eigenvalue weighted by atomic mass is 10.2. The van der Waals surface area contributed by atoms with E-state index in [1.54, 1.807) is 0 Å². The molecule has 3 N–H and O–H groups in total. The molecule has 0 aliphatic rings. The van der Waals surface area contributed by atoms with Gasteiger partial charge < -0.3 is 14.9 Å². The minimum absolute atomic E-state index is 0.0915. The first-order chi connectivity index (χ1) is 13.5. The summed E-state index contributed by atoms with van der Waals surface area (Å²) >= 11 is 3.43. The molecule has 0 atom stereocenters. The van der Waals surface area contributed by atoms with Crippen molar-refractivity contribution >= 4 is 28.1 Å². The number of hydrazone groups is 1. The third kappa shape index (κ3) is 5.34. The van der Waals surface area contributed by atoms with Gasteiger partial charge >= 0.3 is 0 Å². The molecule has 0 heterocycles. The molecule has 142 valence electrons. The van der Waals surface area contributed by atoms with Gasteiger partial charge in [0.15, 0.2) is 0 Å². The fourth-order valence-electron chi connectivity index (χ4n) is 2.46. The van der Waals surface area contributed by atoms with Crippen LogP contribution in [-0.4, -0.2) is 22.3 Å². The molecule has 0 bridgehead atoms. The number of hydrogen-bond acceptors (Lipinski definition) is 5. The van der Waals surface area contributed by atoms with Gasteiger partial charge in [0.1, 0.15) is 23.9 Å². The van der Waals surface area contributed by atoms with E-state index >= 15 is 0 Å². The highest BCUT2D eigenvalue weighted by molar-refractivity contribution is 9.10. The number of phenolic OH excluding ortho intramolecular Hbond substituents is 2. The number of nitrogens with one attached hydrogen (secondary N) is 1. The van der Waals surface area contributed by atoms with Crippen molar-refractivity contribution in [1.29, 1.82) is 0 Å². The summed E-state index contributed by atoms with van der Waals surface area (Å²) in [5.41, 5.74) is 4.15. The van der Waals surface area contributed by atoms with Gasteiger partial charge in [-0.1, -0.05) is 40.2 Å². The van der Waals surface area contributed by atoms with Crippen LogP contribution in [0.25, 0.3) is 0 Å². The van der Waals surface area contributed by atoms with Crippen molar-refractivity contribution in [2.24, 2.45) is 5.10 Å². The first-order valence-electron chi connectivity index (χ1n) is 8.34. The van der Waals surface area contributed by atoms with E-state index in [0.717, 1.165) is 16.1 Å². The van der Waals surface area contributed by atoms with Gasteiger partial charge in [0.05, 0.1) is 6.21 Å². The van der Waals surface area contributed by atoms with Gasteiger partial charge in [0, 0.05) is 21.7 Å². The molecule has 1 amide bonds. The van der Waals surface area contributed by atoms with E-state index in [2.05, 4.69) is 26.5 Å². The Labute approximate surface area is 170 Å². The van der Waals surface area contributed by atoms with E-state index in [9.17, 15) is 15.0 Å². The minimum atomic E-state index is -0.560. The summed E-state index contributed by atoms with van der Waals surface area (Å²) in [5, 5.41) is 22.8. The number of rotatable bonds is 6. The van der Waals surface area contributed by atoms with Crippen LogP contribution < -0.4 is 10.2 Å². The average molecular weight is 441 g/mol. The fourth-order valence-corrected chi connectivity index (χ4v) is 2.90. The Morgan fingerprint density at radius 1 is 1.04 bits per heavy atom. The van der Waals surface area contributed by atoms with E-state index < -0.39 is 5.91 Å². The number of aromatic hydroxyl groups is 2. The van der Waals surface area contributed by atoms with Crippen LogP contribution in [0.2, 0.25) is 0 Å². The maximum absolute atomic E-state index is 12.1. The highest BCUT2D eigenvalue weighted by Crippen LogP contribution is 2.21. The van der Waals surface area contributed by atoms with Crippen LogP contribution in [0.1, 0.15) is 21.5 Å². The Balaban J connectivity index is 1.66. The third-order valence-electron chi connectivity index (χ3n) is 3.74. The highest BCUT2D eigenvalue weighted by atomic mass is 79.9. The van der Waals surface area contributed by atoms with Gasteiger partial charge in [-0.15, -0.1) is 0 Å². The van der Waals surface area contributed by atoms with Gasteiger partial charge in [-0.05, 0) is 42.0 Å². The molecule has 7 heteroatoms. The second-order valence-corrected chi connectivity index (χ2v) is 6.81. The number of carbonyl (C=O) groups excluding carboxylic acids is 1. The van der Waals surface area contributed by atoms with E-state index in [4.69, 9.17) is 4.74 Å². The Hall–Kier alpha value is -3.32. The van der Waals surface area contributed by atoms with Crippen LogP contribution in [0.5, 0.6) is 17.2 Å². The van der Waals surface area contributed by atoms with E-state index in [1.165, 1.54) is 18.3 Å². The summed E-state index contributed by atoms with van der Waals surface area (Å²) in [6.45, 7) is 0.388. The second-order valence-electron chi connectivity index (χ2n) is 5.89. The van der Waals surface area contributed by atoms with Crippen molar-refractivity contribution in [3.8, 4) is 17.2 Å². The standard InChI is InChI=1S/C21H17BrN2O4/c22-17-6-3-4-14(8-17)13-28-20-7-2-1-5-15(20)12-23-24-21(27)16-9-18(25)11-19(26)10-16/h1-12,25-26H,13H2,(H,24,27). The van der Waals surface area contributed by atoms with Crippen molar-refractivity contribution in [2.45, 2.75) is 6.61 Å². The molecule has 0 saturated carbocycles. The summed E-state index contributed by atoms with van der Waals surface area (Å²) in [6.07, 6.45) is 1.47. The monoisotopic (exact) mass is 440 g/mol. The van der Waals surface area contributed by atoms with Crippen LogP contribution in [0, 0.1) is 0 Å². The lowest BCUT2D eigenvalue weighted by Crippen LogP contribution is -2.17. The molecule has 3 rings (SSSR count). The largest absolute Gasteiger partial charge is 0.508 e. The van der Waals surface area contributed by atoms with Gasteiger partial charge in [-0.3, -0.25) is 4.79 Å². The first-order valence-corrected chi connectivity index (χ1v) is 9.13. The molecule has 28 heavy (non-hydrogen) atoms. The third-order valence-corrected chi connectivity index (χ3v) is 4.23. The topological polar surface area (TPSA) is 91.2 Å². The van der Waals surface area contributed by atoms with Gasteiger partial charge in [-0.2, -0.15) is 5.10 Å². The number of phenols is 2. The van der Waals surface area contributed by atoms with Gasteiger partial charge in [0.25, 0.3) is 5.91 Å². The highest BCUT2D eigenvalue weighted by Gasteiger charge is 2.08. The van der Waals surface area contributed by atoms with E-state index in [1.807, 2.05) is 48.5 Å². The molecular weight excluding hydrogens is 424 g/mol. The molecule has 3 aromatic rings. The summed E-state index contributed by atoms with van der Waals surface area (Å²) < 4.78 is 6.84. The number of ether oxygens (including phenoxy) is 1. The van der Waals surface area contributed by atoms with Gasteiger partial charge in [0.2, 0.25) is 0 Å². The number of hydrogen-bond donors (Lipinski definition) is 3. The molecular formula is C21H17BrN2O4. The Bertz CT molecular complexity index is 1000. The van der Waals surface area contributed by atoms with Crippen molar-refractivity contribution in [1.82, 2.24) is 5.43 Å². The lowest BCUT2D eigenvalue weighted by Gasteiger charge is -2.09. The number of amides is 1. The van der Waals surface area contributed by atoms with Crippen LogP contribution in [0.4, 0.5) is 0 Å². The zero-order valence-electron chi connectivity index (χ0n) is 14.7. The molecule has 0 fully saturated rings. The minimum Gasteiger partial charge on any atom is -0.508 e. The van der Waals surface area contributed by atoms with Crippen LogP contribution >= 0.6 is 15.9 Å². The predicted molar refractivity (Wildman–Crippen MR) is 110 cm³/mol. The Kier molecular flexibility index (Phi) is 6.29. The number of halogens is 1.